The van der Waals surface area contributed by atoms with Crippen molar-refractivity contribution in [2.45, 2.75) is 32.9 Å². The van der Waals surface area contributed by atoms with Crippen LogP contribution < -0.4 is 10.6 Å². The highest BCUT2D eigenvalue weighted by atomic mass is 35.5. The van der Waals surface area contributed by atoms with E-state index in [2.05, 4.69) is 10.6 Å². The normalized spacial score (nSPS) is 28.4. The van der Waals surface area contributed by atoms with Gasteiger partial charge >= 0.3 is 0 Å². The maximum atomic E-state index is 13.6. The number of allylic oxidation sites excluding steroid dienone is 1. The highest BCUT2D eigenvalue weighted by Crippen LogP contribution is 2.45. The Morgan fingerprint density at radius 1 is 1.16 bits per heavy atom. The van der Waals surface area contributed by atoms with Crippen LogP contribution in [0.5, 0.6) is 0 Å². The Balaban J connectivity index is 2.03. The molecule has 3 rings (SSSR count). The number of halogens is 1. The molecule has 1 heterocycles. The van der Waals surface area contributed by atoms with Crippen molar-refractivity contribution in [2.24, 2.45) is 29.6 Å². The van der Waals surface area contributed by atoms with E-state index in [0.29, 0.717) is 10.7 Å². The number of nitrogens with zero attached hydrogens (tertiary/aromatic N) is 1. The van der Waals surface area contributed by atoms with Crippen LogP contribution in [0.15, 0.2) is 36.4 Å². The SMILES string of the molecule is CNC(=O)[C@H]1[C@H]2C(=O)N([C@@H](CO)C(C)C)[C@H](C(=O)Nc3ccc(Cl)cc3)[C@H]2C=C[C@H]1C. The number of carbonyl (C=O) groups excluding carboxylic acids is 3. The van der Waals surface area contributed by atoms with Crippen molar-refractivity contribution in [3.05, 3.63) is 41.4 Å². The average Bonchev–Trinajstić information content (AvgIpc) is 3.02. The number of hydrogen-bond donors (Lipinski definition) is 3. The zero-order valence-corrected chi connectivity index (χ0v) is 19.0. The molecule has 1 saturated heterocycles. The Bertz CT molecular complexity index is 870. The molecule has 1 aromatic rings. The van der Waals surface area contributed by atoms with Crippen LogP contribution in [0.2, 0.25) is 5.02 Å². The van der Waals surface area contributed by atoms with Gasteiger partial charge in [0.2, 0.25) is 17.7 Å². The summed E-state index contributed by atoms with van der Waals surface area (Å²) in [5.74, 6) is -2.74. The number of aliphatic hydroxyl groups is 1. The third-order valence-electron chi connectivity index (χ3n) is 6.45. The first-order valence-corrected chi connectivity index (χ1v) is 11.0. The average molecular weight is 448 g/mol. The van der Waals surface area contributed by atoms with Crippen molar-refractivity contribution in [3.63, 3.8) is 0 Å². The number of amides is 3. The third kappa shape index (κ3) is 4.34. The molecule has 1 aliphatic heterocycles. The first-order valence-electron chi connectivity index (χ1n) is 10.6. The van der Waals surface area contributed by atoms with Gasteiger partial charge in [0, 0.05) is 23.7 Å². The molecule has 6 atom stereocenters. The molecule has 2 aliphatic rings. The van der Waals surface area contributed by atoms with E-state index < -0.39 is 29.8 Å². The standard InChI is InChI=1S/C23H30ClN3O4/c1-12(2)17(11-28)27-20(22(30)26-15-8-6-14(24)7-9-15)16-10-5-13(3)18(21(29)25-4)19(16)23(27)31/h5-10,12-13,16-20,28H,11H2,1-4H3,(H,25,29)(H,26,30)/t13-,16+,17+,18-,19+,20+/m1/s1. The van der Waals surface area contributed by atoms with Gasteiger partial charge in [0.15, 0.2) is 0 Å². The number of hydrogen-bond acceptors (Lipinski definition) is 4. The second-order valence-corrected chi connectivity index (χ2v) is 9.10. The summed E-state index contributed by atoms with van der Waals surface area (Å²) in [5.41, 5.74) is 0.561. The lowest BCUT2D eigenvalue weighted by atomic mass is 9.70. The van der Waals surface area contributed by atoms with Gasteiger partial charge in [-0.25, -0.2) is 0 Å². The van der Waals surface area contributed by atoms with Gasteiger partial charge < -0.3 is 20.6 Å². The van der Waals surface area contributed by atoms with Crippen LogP contribution in [0.25, 0.3) is 0 Å². The molecule has 3 amide bonds. The second-order valence-electron chi connectivity index (χ2n) is 8.67. The molecule has 7 nitrogen and oxygen atoms in total. The van der Waals surface area contributed by atoms with Crippen molar-refractivity contribution in [2.75, 3.05) is 19.0 Å². The zero-order valence-electron chi connectivity index (χ0n) is 18.2. The predicted octanol–water partition coefficient (Wildman–Crippen LogP) is 2.31. The summed E-state index contributed by atoms with van der Waals surface area (Å²) in [6.45, 7) is 5.44. The Kier molecular flexibility index (Phi) is 7.06. The number of carbonyl (C=O) groups is 3. The molecule has 1 aromatic carbocycles. The molecule has 1 aliphatic carbocycles. The van der Waals surface area contributed by atoms with Crippen molar-refractivity contribution in [3.8, 4) is 0 Å². The molecule has 0 saturated carbocycles. The van der Waals surface area contributed by atoms with E-state index in [0.717, 1.165) is 0 Å². The fourth-order valence-electron chi connectivity index (χ4n) is 4.83. The quantitative estimate of drug-likeness (QED) is 0.583. The van der Waals surface area contributed by atoms with E-state index in [1.807, 2.05) is 32.9 Å². The van der Waals surface area contributed by atoms with Crippen LogP contribution in [0.4, 0.5) is 5.69 Å². The molecule has 3 N–H and O–H groups in total. The van der Waals surface area contributed by atoms with Crippen LogP contribution in [-0.2, 0) is 14.4 Å². The number of fused-ring (bicyclic) bond motifs is 1. The summed E-state index contributed by atoms with van der Waals surface area (Å²) in [4.78, 5) is 41.2. The van der Waals surface area contributed by atoms with Crippen LogP contribution >= 0.6 is 11.6 Å². The van der Waals surface area contributed by atoms with E-state index >= 15 is 0 Å². The molecule has 1 fully saturated rings. The minimum atomic E-state index is -0.830. The van der Waals surface area contributed by atoms with E-state index in [9.17, 15) is 19.5 Å². The minimum Gasteiger partial charge on any atom is -0.394 e. The maximum Gasteiger partial charge on any atom is 0.247 e. The molecule has 0 spiro atoms. The van der Waals surface area contributed by atoms with Crippen molar-refractivity contribution < 1.29 is 19.5 Å². The molecule has 8 heteroatoms. The predicted molar refractivity (Wildman–Crippen MR) is 119 cm³/mol. The Hall–Kier alpha value is -2.38. The first kappa shape index (κ1) is 23.3. The van der Waals surface area contributed by atoms with Crippen molar-refractivity contribution in [1.82, 2.24) is 10.2 Å². The lowest BCUT2D eigenvalue weighted by Gasteiger charge is -2.35. The Morgan fingerprint density at radius 2 is 1.81 bits per heavy atom. The van der Waals surface area contributed by atoms with Crippen molar-refractivity contribution in [1.29, 1.82) is 0 Å². The highest BCUT2D eigenvalue weighted by Gasteiger charge is 2.58. The molecular weight excluding hydrogens is 418 g/mol. The largest absolute Gasteiger partial charge is 0.394 e. The lowest BCUT2D eigenvalue weighted by molar-refractivity contribution is -0.143. The Morgan fingerprint density at radius 3 is 2.35 bits per heavy atom. The molecule has 0 bridgehead atoms. The van der Waals surface area contributed by atoms with E-state index in [-0.39, 0.29) is 36.2 Å². The highest BCUT2D eigenvalue weighted by molar-refractivity contribution is 6.30. The first-order chi connectivity index (χ1) is 14.7. The number of nitrogens with one attached hydrogen (secondary N) is 2. The molecule has 31 heavy (non-hydrogen) atoms. The van der Waals surface area contributed by atoms with Gasteiger partial charge in [-0.1, -0.05) is 44.5 Å². The molecule has 0 radical (unpaired) electrons. The van der Waals surface area contributed by atoms with Gasteiger partial charge in [0.05, 0.1) is 24.5 Å². The summed E-state index contributed by atoms with van der Waals surface area (Å²) in [6.07, 6.45) is 3.79. The van der Waals surface area contributed by atoms with E-state index in [1.54, 1.807) is 31.3 Å². The number of aliphatic hydroxyl groups excluding tert-OH is 1. The summed E-state index contributed by atoms with van der Waals surface area (Å²) in [5, 5.41) is 16.1. The van der Waals surface area contributed by atoms with E-state index in [4.69, 9.17) is 11.6 Å². The fraction of sp³-hybridized carbons (Fsp3) is 0.522. The molecular formula is C23H30ClN3O4. The van der Waals surface area contributed by atoms with Gasteiger partial charge in [0.1, 0.15) is 6.04 Å². The summed E-state index contributed by atoms with van der Waals surface area (Å²) in [7, 11) is 1.55. The lowest BCUT2D eigenvalue weighted by Crippen LogP contribution is -2.52. The number of anilines is 1. The summed E-state index contributed by atoms with van der Waals surface area (Å²) >= 11 is 5.94. The van der Waals surface area contributed by atoms with Crippen LogP contribution in [0.1, 0.15) is 20.8 Å². The second kappa shape index (κ2) is 9.40. The fourth-order valence-corrected chi connectivity index (χ4v) is 4.96. The van der Waals surface area contributed by atoms with Crippen LogP contribution in [-0.4, -0.2) is 53.5 Å². The van der Waals surface area contributed by atoms with Gasteiger partial charge in [-0.15, -0.1) is 0 Å². The number of rotatable bonds is 6. The summed E-state index contributed by atoms with van der Waals surface area (Å²) in [6, 6.07) is 5.36. The van der Waals surface area contributed by atoms with Crippen LogP contribution in [0.3, 0.4) is 0 Å². The number of likely N-dealkylation sites (tertiary alicyclic amines) is 1. The van der Waals surface area contributed by atoms with Crippen molar-refractivity contribution >= 4 is 35.0 Å². The van der Waals surface area contributed by atoms with Gasteiger partial charge in [0.25, 0.3) is 0 Å². The molecule has 0 unspecified atom stereocenters. The summed E-state index contributed by atoms with van der Waals surface area (Å²) < 4.78 is 0. The molecule has 168 valence electrons. The zero-order chi connectivity index (χ0) is 22.9. The van der Waals surface area contributed by atoms with Gasteiger partial charge in [-0.05, 0) is 36.1 Å². The maximum absolute atomic E-state index is 13.6. The minimum absolute atomic E-state index is 0.0696. The van der Waals surface area contributed by atoms with Gasteiger partial charge in [-0.3, -0.25) is 14.4 Å². The topological polar surface area (TPSA) is 98.7 Å². The smallest absolute Gasteiger partial charge is 0.247 e. The van der Waals surface area contributed by atoms with Gasteiger partial charge in [-0.2, -0.15) is 0 Å². The number of benzene rings is 1. The molecule has 0 aromatic heterocycles. The monoisotopic (exact) mass is 447 g/mol. The third-order valence-corrected chi connectivity index (χ3v) is 6.70. The Labute approximate surface area is 187 Å². The van der Waals surface area contributed by atoms with E-state index in [1.165, 1.54) is 4.90 Å². The van der Waals surface area contributed by atoms with Crippen LogP contribution in [0, 0.1) is 29.6 Å².